The molecule has 1 fully saturated rings. The van der Waals surface area contributed by atoms with Crippen molar-refractivity contribution in [1.82, 2.24) is 25.3 Å². The van der Waals surface area contributed by atoms with Gasteiger partial charge in [0.25, 0.3) is 0 Å². The fourth-order valence-corrected chi connectivity index (χ4v) is 3.78. The Hall–Kier alpha value is -2.65. The van der Waals surface area contributed by atoms with Gasteiger partial charge in [-0.05, 0) is 38.1 Å². The van der Waals surface area contributed by atoms with Crippen LogP contribution in [0.1, 0.15) is 31.9 Å². The second kappa shape index (κ2) is 10.8. The molecule has 0 aliphatic carbocycles. The number of aromatic nitrogens is 2. The number of hydrogen-bond donors (Lipinski definition) is 3. The number of aryl methyl sites for hydroxylation is 1. The predicted octanol–water partition coefficient (Wildman–Crippen LogP) is 1.66. The predicted molar refractivity (Wildman–Crippen MR) is 126 cm³/mol. The Labute approximate surface area is 190 Å². The molecule has 1 aromatic heterocycles. The van der Waals surface area contributed by atoms with E-state index in [-0.39, 0.29) is 12.4 Å². The van der Waals surface area contributed by atoms with Crippen LogP contribution in [0.15, 0.2) is 35.6 Å². The van der Waals surface area contributed by atoms with Gasteiger partial charge in [0.05, 0.1) is 25.0 Å². The Balaban J connectivity index is 1.61. The van der Waals surface area contributed by atoms with Gasteiger partial charge in [0.15, 0.2) is 5.96 Å². The molecule has 1 aliphatic rings. The highest BCUT2D eigenvalue weighted by atomic mass is 19.1. The summed E-state index contributed by atoms with van der Waals surface area (Å²) in [6.45, 7) is 11.8. The maximum Gasteiger partial charge on any atom is 0.191 e. The third kappa shape index (κ3) is 6.20. The number of rotatable bonds is 8. The number of anilines is 1. The summed E-state index contributed by atoms with van der Waals surface area (Å²) >= 11 is 0. The van der Waals surface area contributed by atoms with Crippen LogP contribution in [0, 0.1) is 5.82 Å². The molecule has 0 radical (unpaired) electrons. The van der Waals surface area contributed by atoms with E-state index in [1.54, 1.807) is 30.1 Å². The topological polar surface area (TPSA) is 81.0 Å². The summed E-state index contributed by atoms with van der Waals surface area (Å²) in [5, 5.41) is 21.2. The van der Waals surface area contributed by atoms with E-state index in [2.05, 4.69) is 37.4 Å². The van der Waals surface area contributed by atoms with Crippen molar-refractivity contribution in [2.75, 3.05) is 50.7 Å². The molecule has 0 saturated carbocycles. The van der Waals surface area contributed by atoms with Crippen LogP contribution >= 0.6 is 0 Å². The molecule has 0 spiro atoms. The lowest BCUT2D eigenvalue weighted by Gasteiger charge is -2.35. The van der Waals surface area contributed by atoms with Crippen LogP contribution in [0.4, 0.5) is 10.1 Å². The molecule has 1 saturated heterocycles. The maximum absolute atomic E-state index is 14.8. The first-order valence-electron chi connectivity index (χ1n) is 11.3. The fraction of sp³-hybridized carbons (Fsp3) is 0.565. The van der Waals surface area contributed by atoms with Crippen LogP contribution in [-0.4, -0.2) is 71.6 Å². The molecule has 8 nitrogen and oxygen atoms in total. The summed E-state index contributed by atoms with van der Waals surface area (Å²) in [6.07, 6.45) is 3.44. The van der Waals surface area contributed by atoms with E-state index in [1.807, 2.05) is 26.1 Å². The summed E-state index contributed by atoms with van der Waals surface area (Å²) in [5.74, 6) is 0.358. The molecule has 32 heavy (non-hydrogen) atoms. The maximum atomic E-state index is 14.8. The van der Waals surface area contributed by atoms with Crippen molar-refractivity contribution in [3.63, 3.8) is 0 Å². The zero-order chi connectivity index (χ0) is 23.1. The lowest BCUT2D eigenvalue weighted by Crippen LogP contribution is -2.46. The monoisotopic (exact) mass is 445 g/mol. The molecule has 0 amide bonds. The van der Waals surface area contributed by atoms with Crippen LogP contribution in [0.5, 0.6) is 0 Å². The van der Waals surface area contributed by atoms with Gasteiger partial charge in [-0.3, -0.25) is 4.68 Å². The quantitative estimate of drug-likeness (QED) is 0.424. The van der Waals surface area contributed by atoms with Gasteiger partial charge in [-0.15, -0.1) is 0 Å². The van der Waals surface area contributed by atoms with Crippen molar-refractivity contribution >= 4 is 11.6 Å². The Kier molecular flexibility index (Phi) is 8.09. The number of nitrogens with one attached hydrogen (secondary N) is 2. The summed E-state index contributed by atoms with van der Waals surface area (Å²) in [6, 6.07) is 5.36. The highest BCUT2D eigenvalue weighted by molar-refractivity contribution is 5.79. The Morgan fingerprint density at radius 2 is 1.97 bits per heavy atom. The smallest absolute Gasteiger partial charge is 0.191 e. The van der Waals surface area contributed by atoms with E-state index in [9.17, 15) is 9.50 Å². The lowest BCUT2D eigenvalue weighted by atomic mass is 10.00. The number of benzene rings is 1. The normalized spacial score (nSPS) is 17.3. The Morgan fingerprint density at radius 3 is 2.56 bits per heavy atom. The molecule has 1 aromatic carbocycles. The van der Waals surface area contributed by atoms with Crippen LogP contribution in [-0.2, 0) is 19.2 Å². The lowest BCUT2D eigenvalue weighted by molar-refractivity contribution is 0.0616. The molecule has 3 N–H and O–H groups in total. The highest BCUT2D eigenvalue weighted by Crippen LogP contribution is 2.22. The fourth-order valence-electron chi connectivity index (χ4n) is 3.78. The number of nitrogens with zero attached hydrogens (tertiary/aromatic N) is 5. The standard InChI is InChI=1S/C23H36FN7O/c1-5-25-22(27-17-23(3,32)19-15-28-29(4)16-19)26-14-18-7-8-21(20(24)13-18)31-11-9-30(6-2)10-12-31/h7-8,13,15-16,32H,5-6,9-12,14,17H2,1-4H3,(H2,25,26,27). The average molecular weight is 446 g/mol. The minimum Gasteiger partial charge on any atom is -0.383 e. The summed E-state index contributed by atoms with van der Waals surface area (Å²) in [5.41, 5.74) is 1.08. The molecular formula is C23H36FN7O. The van der Waals surface area contributed by atoms with Gasteiger partial charge in [0.1, 0.15) is 11.4 Å². The third-order valence-electron chi connectivity index (χ3n) is 5.86. The van der Waals surface area contributed by atoms with E-state index >= 15 is 0 Å². The van der Waals surface area contributed by atoms with Gasteiger partial charge >= 0.3 is 0 Å². The molecular weight excluding hydrogens is 409 g/mol. The zero-order valence-electron chi connectivity index (χ0n) is 19.6. The molecule has 2 heterocycles. The average Bonchev–Trinajstić information content (AvgIpc) is 3.23. The van der Waals surface area contributed by atoms with Crippen molar-refractivity contribution in [3.05, 3.63) is 47.5 Å². The van der Waals surface area contributed by atoms with E-state index in [4.69, 9.17) is 0 Å². The van der Waals surface area contributed by atoms with Crippen LogP contribution in [0.3, 0.4) is 0 Å². The first-order chi connectivity index (χ1) is 15.3. The van der Waals surface area contributed by atoms with Crippen molar-refractivity contribution in [3.8, 4) is 0 Å². The molecule has 176 valence electrons. The summed E-state index contributed by atoms with van der Waals surface area (Å²) in [4.78, 5) is 9.05. The first-order valence-corrected chi connectivity index (χ1v) is 11.3. The molecule has 1 atom stereocenters. The minimum absolute atomic E-state index is 0.208. The second-order valence-corrected chi connectivity index (χ2v) is 8.43. The first kappa shape index (κ1) is 24.0. The van der Waals surface area contributed by atoms with Crippen molar-refractivity contribution in [2.45, 2.75) is 32.9 Å². The molecule has 2 aromatic rings. The van der Waals surface area contributed by atoms with Gasteiger partial charge in [-0.1, -0.05) is 13.0 Å². The van der Waals surface area contributed by atoms with Crippen molar-refractivity contribution in [2.24, 2.45) is 12.0 Å². The number of piperazine rings is 1. The van der Waals surface area contributed by atoms with Crippen molar-refractivity contribution in [1.29, 1.82) is 0 Å². The highest BCUT2D eigenvalue weighted by Gasteiger charge is 2.25. The van der Waals surface area contributed by atoms with Gasteiger partial charge in [0, 0.05) is 51.5 Å². The van der Waals surface area contributed by atoms with Gasteiger partial charge in [0.2, 0.25) is 0 Å². The molecule has 9 heteroatoms. The van der Waals surface area contributed by atoms with E-state index in [0.717, 1.165) is 43.9 Å². The number of aliphatic imine (C=N–C) groups is 1. The zero-order valence-corrected chi connectivity index (χ0v) is 19.6. The van der Waals surface area contributed by atoms with Gasteiger partial charge < -0.3 is 25.5 Å². The van der Waals surface area contributed by atoms with Crippen LogP contribution in [0.25, 0.3) is 0 Å². The molecule has 1 unspecified atom stereocenters. The van der Waals surface area contributed by atoms with Crippen LogP contribution < -0.4 is 15.5 Å². The molecule has 3 rings (SSSR count). The number of likely N-dealkylation sites (N-methyl/N-ethyl adjacent to an activating group) is 1. The number of halogens is 1. The molecule has 0 bridgehead atoms. The minimum atomic E-state index is -1.10. The van der Waals surface area contributed by atoms with Crippen molar-refractivity contribution < 1.29 is 9.50 Å². The Morgan fingerprint density at radius 1 is 1.22 bits per heavy atom. The summed E-state index contributed by atoms with van der Waals surface area (Å²) < 4.78 is 16.5. The van der Waals surface area contributed by atoms with E-state index in [0.29, 0.717) is 24.7 Å². The number of aliphatic hydroxyl groups is 1. The van der Waals surface area contributed by atoms with Crippen LogP contribution in [0.2, 0.25) is 0 Å². The second-order valence-electron chi connectivity index (χ2n) is 8.43. The van der Waals surface area contributed by atoms with E-state index < -0.39 is 5.60 Å². The third-order valence-corrected chi connectivity index (χ3v) is 5.86. The SMILES string of the molecule is CCNC(=NCc1ccc(N2CCN(CC)CC2)c(F)c1)NCC(C)(O)c1cnn(C)c1. The number of hydrogen-bond acceptors (Lipinski definition) is 5. The largest absolute Gasteiger partial charge is 0.383 e. The number of guanidine groups is 1. The van der Waals surface area contributed by atoms with Gasteiger partial charge in [-0.25, -0.2) is 9.38 Å². The summed E-state index contributed by atoms with van der Waals surface area (Å²) in [7, 11) is 1.81. The Bertz CT molecular complexity index is 903. The van der Waals surface area contributed by atoms with E-state index in [1.165, 1.54) is 0 Å². The molecule has 1 aliphatic heterocycles. The van der Waals surface area contributed by atoms with Gasteiger partial charge in [-0.2, -0.15) is 5.10 Å².